The van der Waals surface area contributed by atoms with Gasteiger partial charge in [0.05, 0.1) is 11.4 Å². The molecule has 0 bridgehead atoms. The molecule has 6 heteroatoms. The minimum atomic E-state index is -0.220. The van der Waals surface area contributed by atoms with Crippen molar-refractivity contribution >= 4 is 28.6 Å². The number of aromatic nitrogens is 1. The first-order chi connectivity index (χ1) is 11.7. The van der Waals surface area contributed by atoms with Crippen LogP contribution in [0.25, 0.3) is 11.3 Å². The predicted molar refractivity (Wildman–Crippen MR) is 95.9 cm³/mol. The third-order valence-corrected chi connectivity index (χ3v) is 4.78. The van der Waals surface area contributed by atoms with E-state index in [1.165, 1.54) is 11.3 Å². The number of rotatable bonds is 2. The van der Waals surface area contributed by atoms with Crippen molar-refractivity contribution in [2.24, 2.45) is 17.3 Å². The molecule has 0 atom stereocenters. The zero-order valence-electron chi connectivity index (χ0n) is 12.9. The molecule has 2 heterocycles. The molecule has 0 unspecified atom stereocenters. The van der Waals surface area contributed by atoms with Gasteiger partial charge in [-0.2, -0.15) is 0 Å². The molecule has 2 aromatic carbocycles. The van der Waals surface area contributed by atoms with E-state index in [1.807, 2.05) is 59.5 Å². The summed E-state index contributed by atoms with van der Waals surface area (Å²) in [5.41, 5.74) is 4.09. The standard InChI is InChI=1S/C18H14N4OS/c1-22-15(12-7-3-2-4-8-12)11-24-18(22)21-20-16-13-9-5-6-10-14(13)19-17(16)23/h2-11H,1H3,(H,19,20,23)/b21-18-. The Hall–Kier alpha value is -2.99. The Morgan fingerprint density at radius 1 is 1.00 bits per heavy atom. The molecular weight excluding hydrogens is 320 g/mol. The van der Waals surface area contributed by atoms with E-state index in [0.717, 1.165) is 27.3 Å². The number of hydrogen-bond donors (Lipinski definition) is 1. The second-order valence-electron chi connectivity index (χ2n) is 5.38. The van der Waals surface area contributed by atoms with Crippen molar-refractivity contribution in [1.82, 2.24) is 4.57 Å². The minimum Gasteiger partial charge on any atom is -0.320 e. The van der Waals surface area contributed by atoms with E-state index in [-0.39, 0.29) is 5.91 Å². The Bertz CT molecular complexity index is 1010. The molecule has 24 heavy (non-hydrogen) atoms. The van der Waals surface area contributed by atoms with Crippen LogP contribution in [0.3, 0.4) is 0 Å². The fraction of sp³-hybridized carbons (Fsp3) is 0.0556. The minimum absolute atomic E-state index is 0.220. The first-order valence-corrected chi connectivity index (χ1v) is 8.34. The molecule has 1 N–H and O–H groups in total. The summed E-state index contributed by atoms with van der Waals surface area (Å²) in [7, 11) is 1.94. The lowest BCUT2D eigenvalue weighted by molar-refractivity contribution is -0.110. The van der Waals surface area contributed by atoms with Crippen molar-refractivity contribution in [1.29, 1.82) is 0 Å². The molecule has 0 saturated heterocycles. The van der Waals surface area contributed by atoms with Gasteiger partial charge in [0.25, 0.3) is 5.91 Å². The summed E-state index contributed by atoms with van der Waals surface area (Å²) in [5.74, 6) is -0.220. The van der Waals surface area contributed by atoms with Gasteiger partial charge in [-0.1, -0.05) is 48.5 Å². The number of fused-ring (bicyclic) bond motifs is 1. The number of benzene rings is 2. The number of nitrogens with zero attached hydrogens (tertiary/aromatic N) is 3. The number of hydrogen-bond acceptors (Lipinski definition) is 4. The molecule has 0 spiro atoms. The van der Waals surface area contributed by atoms with Crippen LogP contribution >= 0.6 is 11.3 Å². The first kappa shape index (κ1) is 14.6. The van der Waals surface area contributed by atoms with Crippen molar-refractivity contribution in [3.63, 3.8) is 0 Å². The normalized spacial score (nSPS) is 15.6. The quantitative estimate of drug-likeness (QED) is 0.720. The number of anilines is 1. The summed E-state index contributed by atoms with van der Waals surface area (Å²) < 4.78 is 1.98. The maximum absolute atomic E-state index is 12.1. The maximum atomic E-state index is 12.1. The molecule has 1 aliphatic rings. The van der Waals surface area contributed by atoms with Crippen molar-refractivity contribution in [3.8, 4) is 11.3 Å². The van der Waals surface area contributed by atoms with Gasteiger partial charge in [-0.25, -0.2) is 0 Å². The SMILES string of the molecule is Cn1c(-c2ccccc2)cs/c1=N\N=C1\C(=O)Nc2ccccc21. The number of para-hydroxylation sites is 1. The van der Waals surface area contributed by atoms with Gasteiger partial charge >= 0.3 is 0 Å². The van der Waals surface area contributed by atoms with Crippen molar-refractivity contribution in [2.75, 3.05) is 5.32 Å². The highest BCUT2D eigenvalue weighted by molar-refractivity contribution is 7.07. The van der Waals surface area contributed by atoms with Gasteiger partial charge in [0, 0.05) is 18.0 Å². The summed E-state index contributed by atoms with van der Waals surface area (Å²) in [6.45, 7) is 0. The molecule has 1 aliphatic heterocycles. The molecule has 0 aliphatic carbocycles. The molecule has 4 rings (SSSR count). The summed E-state index contributed by atoms with van der Waals surface area (Å²) in [4.78, 5) is 12.8. The maximum Gasteiger partial charge on any atom is 0.276 e. The first-order valence-electron chi connectivity index (χ1n) is 7.46. The van der Waals surface area contributed by atoms with Crippen molar-refractivity contribution < 1.29 is 4.79 Å². The summed E-state index contributed by atoms with van der Waals surface area (Å²) in [6, 6.07) is 17.6. The highest BCUT2D eigenvalue weighted by atomic mass is 32.1. The van der Waals surface area contributed by atoms with Gasteiger partial charge in [0.2, 0.25) is 4.80 Å². The van der Waals surface area contributed by atoms with E-state index in [0.29, 0.717) is 5.71 Å². The van der Waals surface area contributed by atoms with Crippen molar-refractivity contribution in [3.05, 3.63) is 70.3 Å². The fourth-order valence-electron chi connectivity index (χ4n) is 2.63. The van der Waals surface area contributed by atoms with Gasteiger partial charge in [-0.3, -0.25) is 4.79 Å². The Balaban J connectivity index is 1.76. The average molecular weight is 334 g/mol. The lowest BCUT2D eigenvalue weighted by Crippen LogP contribution is -2.15. The second kappa shape index (κ2) is 5.90. The van der Waals surface area contributed by atoms with E-state index in [2.05, 4.69) is 27.7 Å². The predicted octanol–water partition coefficient (Wildman–Crippen LogP) is 3.01. The van der Waals surface area contributed by atoms with E-state index in [9.17, 15) is 4.79 Å². The van der Waals surface area contributed by atoms with E-state index >= 15 is 0 Å². The Labute approximate surface area is 142 Å². The smallest absolute Gasteiger partial charge is 0.276 e. The zero-order valence-corrected chi connectivity index (χ0v) is 13.7. The summed E-state index contributed by atoms with van der Waals surface area (Å²) >= 11 is 1.49. The molecule has 5 nitrogen and oxygen atoms in total. The van der Waals surface area contributed by atoms with Crippen LogP contribution in [0.4, 0.5) is 5.69 Å². The monoisotopic (exact) mass is 334 g/mol. The number of amides is 1. The number of thiazole rings is 1. The molecular formula is C18H14N4OS. The molecule has 1 aromatic heterocycles. The van der Waals surface area contributed by atoms with Crippen LogP contribution < -0.4 is 10.1 Å². The summed E-state index contributed by atoms with van der Waals surface area (Å²) in [5, 5.41) is 13.3. The van der Waals surface area contributed by atoms with Crippen LogP contribution in [0.2, 0.25) is 0 Å². The van der Waals surface area contributed by atoms with Crippen LogP contribution in [0.5, 0.6) is 0 Å². The van der Waals surface area contributed by atoms with Gasteiger partial charge in [0.15, 0.2) is 5.71 Å². The van der Waals surface area contributed by atoms with Gasteiger partial charge < -0.3 is 9.88 Å². The van der Waals surface area contributed by atoms with Gasteiger partial charge in [0.1, 0.15) is 0 Å². The van der Waals surface area contributed by atoms with Gasteiger partial charge in [-0.05, 0) is 11.6 Å². The van der Waals surface area contributed by atoms with Crippen LogP contribution in [-0.2, 0) is 11.8 Å². The lowest BCUT2D eigenvalue weighted by atomic mass is 10.1. The number of carbonyl (C=O) groups is 1. The third-order valence-electron chi connectivity index (χ3n) is 3.87. The largest absolute Gasteiger partial charge is 0.320 e. The molecule has 0 radical (unpaired) electrons. The van der Waals surface area contributed by atoms with Crippen LogP contribution in [0, 0.1) is 0 Å². The highest BCUT2D eigenvalue weighted by Gasteiger charge is 2.25. The Morgan fingerprint density at radius 3 is 2.58 bits per heavy atom. The second-order valence-corrected chi connectivity index (χ2v) is 6.21. The van der Waals surface area contributed by atoms with E-state index < -0.39 is 0 Å². The lowest BCUT2D eigenvalue weighted by Gasteiger charge is -2.01. The van der Waals surface area contributed by atoms with Crippen molar-refractivity contribution in [2.45, 2.75) is 0 Å². The highest BCUT2D eigenvalue weighted by Crippen LogP contribution is 2.23. The molecule has 1 amide bonds. The molecule has 0 fully saturated rings. The number of nitrogens with one attached hydrogen (secondary N) is 1. The Kier molecular flexibility index (Phi) is 3.59. The van der Waals surface area contributed by atoms with Crippen LogP contribution in [0.15, 0.2) is 70.2 Å². The molecule has 0 saturated carbocycles. The zero-order chi connectivity index (χ0) is 16.5. The third kappa shape index (κ3) is 2.47. The fourth-order valence-corrected chi connectivity index (χ4v) is 3.48. The van der Waals surface area contributed by atoms with E-state index in [4.69, 9.17) is 0 Å². The molecule has 3 aromatic rings. The number of carbonyl (C=O) groups excluding carboxylic acids is 1. The van der Waals surface area contributed by atoms with Crippen LogP contribution in [-0.4, -0.2) is 16.2 Å². The topological polar surface area (TPSA) is 58.8 Å². The Morgan fingerprint density at radius 2 is 1.75 bits per heavy atom. The van der Waals surface area contributed by atoms with Crippen LogP contribution in [0.1, 0.15) is 5.56 Å². The molecule has 118 valence electrons. The van der Waals surface area contributed by atoms with E-state index in [1.54, 1.807) is 0 Å². The summed E-state index contributed by atoms with van der Waals surface area (Å²) in [6.07, 6.45) is 0. The average Bonchev–Trinajstić information content (AvgIpc) is 3.13. The van der Waals surface area contributed by atoms with Gasteiger partial charge in [-0.15, -0.1) is 21.5 Å².